The number of rotatable bonds is 8. The molecule has 9 aromatic rings. The first-order valence-electron chi connectivity index (χ1n) is 37.8. The lowest BCUT2D eigenvalue weighted by molar-refractivity contribution is 0.0165. The minimum Gasteiger partial charge on any atom is -0.444 e. The Labute approximate surface area is 643 Å². The van der Waals surface area contributed by atoms with Crippen LogP contribution in [0.25, 0.3) is 33.1 Å². The largest absolute Gasteiger partial charge is 0.444 e. The van der Waals surface area contributed by atoms with E-state index in [1.54, 1.807) is 48.0 Å². The number of ether oxygens (including phenoxy) is 2. The average Bonchev–Trinajstić information content (AvgIpc) is 1.04. The molecule has 1 atom stereocenters. The standard InChI is InChI=1S/C29H34N6O3.C24H26N6O.C16H24N2O2.C14H14N4O2S/c1-28(2,3)38-27(37)34-16-20-13-21(10-11-23(20)29(4,5)17-34)32-26-31-15-19-12-18(14-30)25(36)35(24(19)33-26)22-8-6-7-9-22;1-24(2)14-26-12-16-10-18(7-8-20(16)24)28-23-27-13-17-9-15(11-25)22(31)30(21(17)29-23)19-5-3-4-6-19;1-15(2,3)20-14(19)18-9-11-8-12(17)6-7-13(11)16(4,5)10-18;1-21(20)14-16-8-10-6-9(7-15)13(19)18(12(10)17-14)11-4-2-3-5-11/h10-13,15,22H,6-9,16-17H2,1-5H3,(H,31,32,33);7-10,13,19,26H,3-6,12,14H2,1-2H3,(H,27,28,29);6-8H,9-10,17H2,1-5H3;6,8,11H,2-5H2,1H3. The van der Waals surface area contributed by atoms with Gasteiger partial charge in [0.15, 0.2) is 0 Å². The predicted molar refractivity (Wildman–Crippen MR) is 425 cm³/mol. The second-order valence-electron chi connectivity index (χ2n) is 33.5. The fourth-order valence-corrected chi connectivity index (χ4v) is 16.5. The van der Waals surface area contributed by atoms with Gasteiger partial charge in [-0.05, 0) is 168 Å². The molecule has 27 heteroatoms. The third kappa shape index (κ3) is 17.4. The number of hydrogen-bond acceptors (Lipinski definition) is 21. The van der Waals surface area contributed by atoms with E-state index in [1.807, 2.05) is 84.0 Å². The highest BCUT2D eigenvalue weighted by Gasteiger charge is 2.38. The molecule has 2 amide bonds. The molecule has 6 aromatic heterocycles. The summed E-state index contributed by atoms with van der Waals surface area (Å²) in [6.07, 6.45) is 17.7. The van der Waals surface area contributed by atoms with Crippen molar-refractivity contribution in [3.05, 3.63) is 173 Å². The van der Waals surface area contributed by atoms with Crippen LogP contribution in [0.4, 0.5) is 38.5 Å². The number of aromatic nitrogens is 9. The van der Waals surface area contributed by atoms with Crippen LogP contribution >= 0.6 is 0 Å². The number of nitrogens with zero attached hydrogens (tertiary/aromatic N) is 14. The number of nitrogens with two attached hydrogens (primary N) is 1. The van der Waals surface area contributed by atoms with Gasteiger partial charge in [-0.15, -0.1) is 0 Å². The van der Waals surface area contributed by atoms with Crippen molar-refractivity contribution in [3.8, 4) is 18.2 Å². The first-order valence-corrected chi connectivity index (χ1v) is 39.3. The fraction of sp³-hybridized carbons (Fsp3) is 0.470. The van der Waals surface area contributed by atoms with Crippen molar-refractivity contribution in [1.82, 2.24) is 58.7 Å². The maximum absolute atomic E-state index is 13.1. The van der Waals surface area contributed by atoms with Gasteiger partial charge in [-0.3, -0.25) is 32.3 Å². The summed E-state index contributed by atoms with van der Waals surface area (Å²) < 4.78 is 27.7. The number of nitrogens with one attached hydrogen (secondary N) is 3. The molecule has 0 bridgehead atoms. The minimum atomic E-state index is -1.31. The van der Waals surface area contributed by atoms with Crippen LogP contribution in [-0.2, 0) is 56.2 Å². The molecule has 574 valence electrons. The van der Waals surface area contributed by atoms with E-state index in [2.05, 4.69) is 108 Å². The number of amides is 2. The van der Waals surface area contributed by atoms with Gasteiger partial charge in [-0.25, -0.2) is 29.5 Å². The lowest BCUT2D eigenvalue weighted by atomic mass is 9.78. The molecule has 3 fully saturated rings. The number of anilines is 5. The molecule has 1 unspecified atom stereocenters. The quantitative estimate of drug-likeness (QED) is 0.0811. The SMILES string of the molecule is CC(C)(C)OC(=O)N1Cc2cc(N)ccc2C(C)(C)C1.CC(C)(C)OC(=O)N1Cc2cc(Nc3ncc4cc(C#N)c(=O)n(C5CCCC5)c4n3)ccc2C(C)(C)C1.CC1(C)CNCc2cc(Nc3ncc4cc(C#N)c(=O)n(C5CCCC5)c4n3)ccc21.CS(=O)c1ncc2cc(C#N)c(=O)n(C3CCCC3)c2n1. The zero-order valence-corrected chi connectivity index (χ0v) is 65.9. The van der Waals surface area contributed by atoms with E-state index in [9.17, 15) is 38.7 Å². The molecule has 0 radical (unpaired) electrons. The molecule has 5 N–H and O–H groups in total. The lowest BCUT2D eigenvalue weighted by Gasteiger charge is -2.40. The van der Waals surface area contributed by atoms with Crippen molar-refractivity contribution in [2.45, 2.75) is 230 Å². The van der Waals surface area contributed by atoms with E-state index in [0.29, 0.717) is 71.2 Å². The van der Waals surface area contributed by atoms with Gasteiger partial charge in [-0.2, -0.15) is 25.8 Å². The molecule has 0 spiro atoms. The normalized spacial score (nSPS) is 17.4. The fourth-order valence-electron chi connectivity index (χ4n) is 16.1. The van der Waals surface area contributed by atoms with Gasteiger partial charge >= 0.3 is 12.2 Å². The van der Waals surface area contributed by atoms with Crippen molar-refractivity contribution < 1.29 is 23.3 Å². The van der Waals surface area contributed by atoms with Crippen LogP contribution in [0, 0.1) is 34.0 Å². The molecule has 6 aliphatic rings. The number of benzene rings is 3. The smallest absolute Gasteiger partial charge is 0.410 e. The van der Waals surface area contributed by atoms with Crippen LogP contribution in [0.5, 0.6) is 0 Å². The van der Waals surface area contributed by atoms with Crippen molar-refractivity contribution in [2.24, 2.45) is 0 Å². The van der Waals surface area contributed by atoms with Crippen molar-refractivity contribution in [2.75, 3.05) is 42.3 Å². The zero-order valence-electron chi connectivity index (χ0n) is 65.1. The Balaban J connectivity index is 0.000000141. The number of nitrogen functional groups attached to an aromatic ring is 1. The van der Waals surface area contributed by atoms with Gasteiger partial charge < -0.3 is 41.0 Å². The zero-order chi connectivity index (χ0) is 78.9. The van der Waals surface area contributed by atoms with E-state index >= 15 is 0 Å². The summed E-state index contributed by atoms with van der Waals surface area (Å²) >= 11 is 0. The highest BCUT2D eigenvalue weighted by molar-refractivity contribution is 7.84. The Morgan fingerprint density at radius 2 is 0.891 bits per heavy atom. The van der Waals surface area contributed by atoms with Gasteiger partial charge in [0, 0.05) is 132 Å². The molecule has 9 heterocycles. The van der Waals surface area contributed by atoms with Gasteiger partial charge in [0.05, 0.1) is 10.8 Å². The van der Waals surface area contributed by atoms with E-state index < -0.39 is 22.0 Å². The summed E-state index contributed by atoms with van der Waals surface area (Å²) in [5, 5.41) is 40.3. The number of hydrogen-bond donors (Lipinski definition) is 4. The molecule has 15 rings (SSSR count). The summed E-state index contributed by atoms with van der Waals surface area (Å²) in [5.41, 5.74) is 15.3. The number of carbonyl (C=O) groups is 2. The van der Waals surface area contributed by atoms with Crippen molar-refractivity contribution >= 4 is 85.0 Å². The Hall–Kier alpha value is -11.0. The first-order chi connectivity index (χ1) is 52.1. The first kappa shape index (κ1) is 78.6. The van der Waals surface area contributed by atoms with Crippen molar-refractivity contribution in [3.63, 3.8) is 0 Å². The summed E-state index contributed by atoms with van der Waals surface area (Å²) in [6.45, 7) is 28.3. The molecule has 3 aliphatic heterocycles. The van der Waals surface area contributed by atoms with Gasteiger partial charge in [0.1, 0.15) is 63.0 Å². The topological polar surface area (TPSA) is 353 Å². The Kier molecular flexibility index (Phi) is 22.6. The second-order valence-corrected chi connectivity index (χ2v) is 34.8. The van der Waals surface area contributed by atoms with Crippen LogP contribution in [0.3, 0.4) is 0 Å². The highest BCUT2D eigenvalue weighted by Crippen LogP contribution is 2.40. The van der Waals surface area contributed by atoms with Crippen LogP contribution in [0.2, 0.25) is 0 Å². The monoisotopic (exact) mass is 1510 g/mol. The molecule has 3 aliphatic carbocycles. The third-order valence-electron chi connectivity index (χ3n) is 21.1. The van der Waals surface area contributed by atoms with E-state index in [1.165, 1.54) is 40.8 Å². The summed E-state index contributed by atoms with van der Waals surface area (Å²) in [4.78, 5) is 93.8. The van der Waals surface area contributed by atoms with Crippen LogP contribution < -0.4 is 38.4 Å². The number of nitriles is 3. The Bertz CT molecular complexity index is 5420. The van der Waals surface area contributed by atoms with Crippen molar-refractivity contribution in [1.29, 1.82) is 15.8 Å². The third-order valence-corrected chi connectivity index (χ3v) is 21.8. The van der Waals surface area contributed by atoms with E-state index in [-0.39, 0.29) is 85.1 Å². The maximum atomic E-state index is 13.1. The molecule has 26 nitrogen and oxygen atoms in total. The minimum absolute atomic E-state index is 0.0332. The van der Waals surface area contributed by atoms with Gasteiger partial charge in [-0.1, -0.05) is 98.3 Å². The average molecular weight is 1510 g/mol. The lowest BCUT2D eigenvalue weighted by Crippen LogP contribution is -2.46. The highest BCUT2D eigenvalue weighted by atomic mass is 32.2. The van der Waals surface area contributed by atoms with Gasteiger partial charge in [0.25, 0.3) is 16.7 Å². The molecule has 0 saturated heterocycles. The Morgan fingerprint density at radius 3 is 1.28 bits per heavy atom. The van der Waals surface area contributed by atoms with Gasteiger partial charge in [0.2, 0.25) is 17.1 Å². The molecular weight excluding hydrogens is 1410 g/mol. The van der Waals surface area contributed by atoms with Crippen LogP contribution in [0.1, 0.15) is 228 Å². The van der Waals surface area contributed by atoms with Crippen LogP contribution in [0.15, 0.2) is 111 Å². The maximum Gasteiger partial charge on any atom is 0.410 e. The number of carbonyl (C=O) groups excluding carboxylic acids is 2. The molecule has 3 aromatic carbocycles. The summed E-state index contributed by atoms with van der Waals surface area (Å²) in [6, 6.07) is 29.2. The van der Waals surface area contributed by atoms with E-state index in [4.69, 9.17) is 30.4 Å². The summed E-state index contributed by atoms with van der Waals surface area (Å²) in [5.74, 6) is 0.818. The predicted octanol–water partition coefficient (Wildman–Crippen LogP) is 14.3. The molecular formula is C83H98N18O8S. The number of pyridine rings is 3. The van der Waals surface area contributed by atoms with Crippen LogP contribution in [-0.4, -0.2) is 107 Å². The van der Waals surface area contributed by atoms with E-state index in [0.717, 1.165) is 118 Å². The number of fused-ring (bicyclic) bond motifs is 6. The summed E-state index contributed by atoms with van der Waals surface area (Å²) in [7, 11) is -1.31. The Morgan fingerprint density at radius 1 is 0.527 bits per heavy atom. The molecule has 110 heavy (non-hydrogen) atoms. The molecule has 3 saturated carbocycles. The second kappa shape index (κ2) is 31.6.